The zero-order chi connectivity index (χ0) is 51.4. The van der Waals surface area contributed by atoms with Crippen molar-refractivity contribution < 1.29 is 39.6 Å². The summed E-state index contributed by atoms with van der Waals surface area (Å²) in [5, 5.41) is 43.8. The number of Topliss-reactive ketones (excluding diaryl/α,β-unsaturated/α-hetero) is 4. The Morgan fingerprint density at radius 1 is 0.348 bits per heavy atom. The van der Waals surface area contributed by atoms with Crippen molar-refractivity contribution in [2.24, 2.45) is 5.41 Å². The van der Waals surface area contributed by atoms with Gasteiger partial charge in [0.1, 0.15) is 46.1 Å². The second-order valence-electron chi connectivity index (χ2n) is 21.8. The minimum Gasteiger partial charge on any atom is -0.507 e. The molecule has 0 aliphatic carbocycles. The molecule has 0 saturated carbocycles. The maximum atomic E-state index is 14.6. The molecule has 376 valence electrons. The molecule has 0 amide bonds. The number of hydrogen-bond acceptors (Lipinski definition) is 8. The SMILES string of the molecule is CCc1cc(CCC(=O)CC(CC(=O)CCc2cc(CC)c(O)c(CC)c2)(CC(=O)CCc2cc(CC)c(O)c(CC)c2)CC(=O)CCc2cc(C(C)(C)C)c(O)c(C(C)(C)C)c2)cc(CC)c1O. The highest BCUT2D eigenvalue weighted by atomic mass is 16.3. The Labute approximate surface area is 414 Å². The van der Waals surface area contributed by atoms with Crippen molar-refractivity contribution in [1.82, 2.24) is 0 Å². The Kier molecular flexibility index (Phi) is 20.0. The van der Waals surface area contributed by atoms with Gasteiger partial charge >= 0.3 is 0 Å². The van der Waals surface area contributed by atoms with E-state index in [2.05, 4.69) is 41.5 Å². The highest BCUT2D eigenvalue weighted by molar-refractivity contribution is 5.89. The summed E-state index contributed by atoms with van der Waals surface area (Å²) in [6.45, 7) is 24.2. The molecule has 0 atom stereocenters. The van der Waals surface area contributed by atoms with Crippen LogP contribution in [0.3, 0.4) is 0 Å². The fourth-order valence-corrected chi connectivity index (χ4v) is 10.1. The third-order valence-electron chi connectivity index (χ3n) is 14.1. The highest BCUT2D eigenvalue weighted by Gasteiger charge is 2.39. The lowest BCUT2D eigenvalue weighted by atomic mass is 9.69. The number of carbonyl (C=O) groups excluding carboxylic acids is 4. The average Bonchev–Trinajstić information content (AvgIpc) is 3.29. The number of aromatic hydroxyl groups is 4. The highest BCUT2D eigenvalue weighted by Crippen LogP contribution is 2.42. The Balaban J connectivity index is 1.75. The van der Waals surface area contributed by atoms with Crippen LogP contribution in [0.2, 0.25) is 0 Å². The first-order valence-corrected chi connectivity index (χ1v) is 25.9. The van der Waals surface area contributed by atoms with Crippen LogP contribution in [0.15, 0.2) is 48.5 Å². The summed E-state index contributed by atoms with van der Waals surface area (Å²) in [6, 6.07) is 15.6. The predicted molar refractivity (Wildman–Crippen MR) is 280 cm³/mol. The van der Waals surface area contributed by atoms with Gasteiger partial charge in [-0.05, 0) is 147 Å². The second-order valence-corrected chi connectivity index (χ2v) is 21.8. The molecular weight excluding hydrogens is 861 g/mol. The van der Waals surface area contributed by atoms with E-state index in [0.717, 1.165) is 66.8 Å². The molecule has 4 N–H and O–H groups in total. The molecule has 4 aromatic carbocycles. The number of phenols is 4. The minimum absolute atomic E-state index is 0.116. The first kappa shape index (κ1) is 56.3. The van der Waals surface area contributed by atoms with Crippen molar-refractivity contribution in [2.45, 2.75) is 209 Å². The first-order chi connectivity index (χ1) is 32.4. The van der Waals surface area contributed by atoms with E-state index in [-0.39, 0.29) is 108 Å². The third-order valence-corrected chi connectivity index (χ3v) is 14.1. The summed E-state index contributed by atoms with van der Waals surface area (Å²) < 4.78 is 0. The molecule has 4 rings (SSSR count). The van der Waals surface area contributed by atoms with Crippen molar-refractivity contribution in [1.29, 1.82) is 0 Å². The normalized spacial score (nSPS) is 12.1. The number of hydrogen-bond donors (Lipinski definition) is 4. The molecule has 4 aromatic rings. The summed E-state index contributed by atoms with van der Waals surface area (Å²) in [7, 11) is 0. The molecule has 0 spiro atoms. The topological polar surface area (TPSA) is 149 Å². The summed E-state index contributed by atoms with van der Waals surface area (Å²) in [5.41, 5.74) is 8.26. The average molecular weight is 945 g/mol. The fourth-order valence-electron chi connectivity index (χ4n) is 10.1. The largest absolute Gasteiger partial charge is 0.507 e. The number of phenolic OH excluding ortho intramolecular Hbond substituents is 4. The van der Waals surface area contributed by atoms with Gasteiger partial charge in [-0.2, -0.15) is 0 Å². The van der Waals surface area contributed by atoms with Crippen molar-refractivity contribution in [2.75, 3.05) is 0 Å². The molecule has 0 fully saturated rings. The predicted octanol–water partition coefficient (Wildman–Crippen LogP) is 13.1. The number of ketones is 4. The number of rotatable bonds is 26. The van der Waals surface area contributed by atoms with E-state index in [9.17, 15) is 39.6 Å². The van der Waals surface area contributed by atoms with E-state index in [1.54, 1.807) is 0 Å². The van der Waals surface area contributed by atoms with Gasteiger partial charge in [-0.15, -0.1) is 0 Å². The smallest absolute Gasteiger partial charge is 0.133 e. The van der Waals surface area contributed by atoms with Crippen LogP contribution in [-0.4, -0.2) is 43.6 Å². The molecule has 0 heterocycles. The maximum Gasteiger partial charge on any atom is 0.133 e. The van der Waals surface area contributed by atoms with Gasteiger partial charge in [0.15, 0.2) is 0 Å². The van der Waals surface area contributed by atoms with Crippen LogP contribution in [0.4, 0.5) is 0 Å². The van der Waals surface area contributed by atoms with E-state index in [4.69, 9.17) is 0 Å². The van der Waals surface area contributed by atoms with Crippen molar-refractivity contribution >= 4 is 23.1 Å². The lowest BCUT2D eigenvalue weighted by molar-refractivity contribution is -0.130. The second kappa shape index (κ2) is 24.5. The van der Waals surface area contributed by atoms with E-state index < -0.39 is 5.41 Å². The van der Waals surface area contributed by atoms with Gasteiger partial charge < -0.3 is 20.4 Å². The van der Waals surface area contributed by atoms with E-state index in [0.29, 0.717) is 64.2 Å². The van der Waals surface area contributed by atoms with Crippen LogP contribution >= 0.6 is 0 Å². The first-order valence-electron chi connectivity index (χ1n) is 25.9. The third kappa shape index (κ3) is 15.4. The van der Waals surface area contributed by atoms with Gasteiger partial charge in [0.25, 0.3) is 0 Å². The Bertz CT molecular complexity index is 2150. The van der Waals surface area contributed by atoms with Gasteiger partial charge in [0.2, 0.25) is 0 Å². The van der Waals surface area contributed by atoms with Gasteiger partial charge in [0, 0.05) is 51.4 Å². The summed E-state index contributed by atoms with van der Waals surface area (Å²) in [4.78, 5) is 58.0. The van der Waals surface area contributed by atoms with Crippen LogP contribution in [0.25, 0.3) is 0 Å². The van der Waals surface area contributed by atoms with Crippen LogP contribution in [0.5, 0.6) is 23.0 Å². The molecule has 0 aliphatic rings. The van der Waals surface area contributed by atoms with E-state index >= 15 is 0 Å². The minimum atomic E-state index is -1.27. The van der Waals surface area contributed by atoms with Gasteiger partial charge in [0.05, 0.1) is 0 Å². The molecule has 8 nitrogen and oxygen atoms in total. The fraction of sp³-hybridized carbons (Fsp3) is 0.541. The van der Waals surface area contributed by atoms with Crippen molar-refractivity contribution in [3.8, 4) is 23.0 Å². The van der Waals surface area contributed by atoms with Gasteiger partial charge in [-0.25, -0.2) is 0 Å². The van der Waals surface area contributed by atoms with Crippen molar-refractivity contribution in [3.63, 3.8) is 0 Å². The van der Waals surface area contributed by atoms with Crippen LogP contribution in [0, 0.1) is 5.41 Å². The monoisotopic (exact) mass is 945 g/mol. The lowest BCUT2D eigenvalue weighted by Gasteiger charge is -2.32. The quantitative estimate of drug-likeness (QED) is 0.0486. The molecular formula is C61H84O8. The molecule has 0 aliphatic heterocycles. The van der Waals surface area contributed by atoms with Gasteiger partial charge in [-0.1, -0.05) is 132 Å². The van der Waals surface area contributed by atoms with Crippen LogP contribution in [0.1, 0.15) is 201 Å². The van der Waals surface area contributed by atoms with Crippen LogP contribution in [-0.2, 0) is 94.2 Å². The Morgan fingerprint density at radius 2 is 0.551 bits per heavy atom. The molecule has 8 heteroatoms. The lowest BCUT2D eigenvalue weighted by Crippen LogP contribution is -2.33. The zero-order valence-corrected chi connectivity index (χ0v) is 44.3. The summed E-state index contributed by atoms with van der Waals surface area (Å²) >= 11 is 0. The van der Waals surface area contributed by atoms with E-state index in [1.807, 2.05) is 90.1 Å². The zero-order valence-electron chi connectivity index (χ0n) is 44.3. The Hall–Kier alpha value is -5.24. The molecule has 0 radical (unpaired) electrons. The molecule has 0 saturated heterocycles. The van der Waals surface area contributed by atoms with Crippen LogP contribution < -0.4 is 0 Å². The number of aryl methyl sites for hydroxylation is 10. The van der Waals surface area contributed by atoms with Crippen molar-refractivity contribution in [3.05, 3.63) is 115 Å². The molecule has 0 aromatic heterocycles. The number of benzene rings is 4. The maximum absolute atomic E-state index is 14.6. The Morgan fingerprint density at radius 3 is 0.739 bits per heavy atom. The standard InChI is InChI=1S/C61H84O8/c1-13-43-27-39(28-44(14-2)55(43)66)19-23-49(62)35-61(36-50(63)24-20-40-29-45(15-3)56(67)46(16-4)30-40,37-51(64)25-21-41-31-47(17-5)57(68)48(18-6)32-41)38-52(65)26-22-42-33-53(59(7,8)9)58(69)54(34-42)60(10,11)12/h27-34,66-69H,13-26,35-38H2,1-12H3. The van der Waals surface area contributed by atoms with E-state index in [1.165, 1.54) is 0 Å². The summed E-state index contributed by atoms with van der Waals surface area (Å²) in [6.07, 6.45) is 5.58. The number of carbonyl (C=O) groups is 4. The molecule has 69 heavy (non-hydrogen) atoms. The molecule has 0 unspecified atom stereocenters. The molecule has 0 bridgehead atoms. The summed E-state index contributed by atoms with van der Waals surface area (Å²) in [5.74, 6) is 0.590. The van der Waals surface area contributed by atoms with Gasteiger partial charge in [-0.3, -0.25) is 19.2 Å².